The molecule has 0 aliphatic heterocycles. The molecule has 0 bridgehead atoms. The summed E-state index contributed by atoms with van der Waals surface area (Å²) in [6.07, 6.45) is 4.61. The van der Waals surface area contributed by atoms with Gasteiger partial charge in [-0.25, -0.2) is 0 Å². The molecular formula is C12H20N4. The molecule has 0 fully saturated rings. The van der Waals surface area contributed by atoms with E-state index in [4.69, 9.17) is 5.73 Å². The van der Waals surface area contributed by atoms with E-state index in [-0.39, 0.29) is 0 Å². The highest BCUT2D eigenvalue weighted by molar-refractivity contribution is 5.78. The number of aromatic nitrogens is 1. The van der Waals surface area contributed by atoms with Gasteiger partial charge >= 0.3 is 0 Å². The maximum absolute atomic E-state index is 5.92. The number of hydrogen-bond acceptors (Lipinski definition) is 2. The molecule has 2 N–H and O–H groups in total. The Morgan fingerprint density at radius 3 is 2.62 bits per heavy atom. The van der Waals surface area contributed by atoms with Crippen LogP contribution in [0.1, 0.15) is 25.8 Å². The fourth-order valence-corrected chi connectivity index (χ4v) is 1.39. The van der Waals surface area contributed by atoms with Gasteiger partial charge in [0.25, 0.3) is 0 Å². The molecule has 0 aromatic carbocycles. The van der Waals surface area contributed by atoms with E-state index in [1.807, 2.05) is 12.1 Å². The predicted molar refractivity (Wildman–Crippen MR) is 67.1 cm³/mol. The molecule has 1 aromatic rings. The van der Waals surface area contributed by atoms with E-state index in [1.54, 1.807) is 12.4 Å². The van der Waals surface area contributed by atoms with Crippen LogP contribution >= 0.6 is 0 Å². The fourth-order valence-electron chi connectivity index (χ4n) is 1.39. The van der Waals surface area contributed by atoms with Gasteiger partial charge in [-0.2, -0.15) is 0 Å². The zero-order valence-corrected chi connectivity index (χ0v) is 10.1. The minimum Gasteiger partial charge on any atom is -0.370 e. The summed E-state index contributed by atoms with van der Waals surface area (Å²) in [5.41, 5.74) is 7.12. The summed E-state index contributed by atoms with van der Waals surface area (Å²) in [4.78, 5) is 10.4. The molecule has 0 unspecified atom stereocenters. The van der Waals surface area contributed by atoms with Crippen molar-refractivity contribution in [3.8, 4) is 0 Å². The Morgan fingerprint density at radius 1 is 1.38 bits per heavy atom. The van der Waals surface area contributed by atoms with Gasteiger partial charge in [0.15, 0.2) is 5.96 Å². The molecule has 1 aromatic heterocycles. The standard InChI is InChI=1S/C12H20N4/c1-3-7-15-12(13)16(4-2)10-11-5-8-14-9-6-11/h5-6,8-9H,3-4,7,10H2,1-2H3,(H2,13,15). The third kappa shape index (κ3) is 3.88. The molecule has 4 nitrogen and oxygen atoms in total. The lowest BCUT2D eigenvalue weighted by molar-refractivity contribution is 0.428. The van der Waals surface area contributed by atoms with Crippen molar-refractivity contribution in [1.29, 1.82) is 0 Å². The van der Waals surface area contributed by atoms with Gasteiger partial charge < -0.3 is 10.6 Å². The number of nitrogens with zero attached hydrogens (tertiary/aromatic N) is 3. The normalized spacial score (nSPS) is 11.5. The first kappa shape index (κ1) is 12.5. The first-order chi connectivity index (χ1) is 7.77. The van der Waals surface area contributed by atoms with Crippen molar-refractivity contribution >= 4 is 5.96 Å². The van der Waals surface area contributed by atoms with Crippen LogP contribution < -0.4 is 5.73 Å². The van der Waals surface area contributed by atoms with Gasteiger partial charge in [0, 0.05) is 32.0 Å². The molecule has 4 heteroatoms. The Labute approximate surface area is 97.2 Å². The first-order valence-corrected chi connectivity index (χ1v) is 5.71. The Morgan fingerprint density at radius 2 is 2.06 bits per heavy atom. The van der Waals surface area contributed by atoms with E-state index in [2.05, 4.69) is 28.7 Å². The van der Waals surface area contributed by atoms with Gasteiger partial charge in [-0.1, -0.05) is 6.92 Å². The molecular weight excluding hydrogens is 200 g/mol. The summed E-state index contributed by atoms with van der Waals surface area (Å²) in [5.74, 6) is 0.626. The summed E-state index contributed by atoms with van der Waals surface area (Å²) in [6, 6.07) is 3.99. The first-order valence-electron chi connectivity index (χ1n) is 5.71. The second-order valence-electron chi connectivity index (χ2n) is 3.61. The van der Waals surface area contributed by atoms with Gasteiger partial charge in [0.1, 0.15) is 0 Å². The average Bonchev–Trinajstić information content (AvgIpc) is 2.34. The van der Waals surface area contributed by atoms with Crippen molar-refractivity contribution in [1.82, 2.24) is 9.88 Å². The highest BCUT2D eigenvalue weighted by atomic mass is 15.2. The van der Waals surface area contributed by atoms with E-state index in [0.717, 1.165) is 26.1 Å². The molecule has 1 heterocycles. The molecule has 1 rings (SSSR count). The van der Waals surface area contributed by atoms with Gasteiger partial charge in [0.2, 0.25) is 0 Å². The maximum Gasteiger partial charge on any atom is 0.191 e. The molecule has 88 valence electrons. The zero-order chi connectivity index (χ0) is 11.8. The molecule has 0 aliphatic carbocycles. The second-order valence-corrected chi connectivity index (χ2v) is 3.61. The topological polar surface area (TPSA) is 54.5 Å². The zero-order valence-electron chi connectivity index (χ0n) is 10.1. The highest BCUT2D eigenvalue weighted by Gasteiger charge is 2.05. The van der Waals surface area contributed by atoms with Crippen LogP contribution in [0.4, 0.5) is 0 Å². The molecule has 0 amide bonds. The molecule has 0 spiro atoms. The Balaban J connectivity index is 2.62. The summed E-state index contributed by atoms with van der Waals surface area (Å²) in [6.45, 7) is 6.61. The van der Waals surface area contributed by atoms with Gasteiger partial charge in [-0.15, -0.1) is 0 Å². The lowest BCUT2D eigenvalue weighted by Crippen LogP contribution is -2.36. The van der Waals surface area contributed by atoms with Crippen LogP contribution in [0.5, 0.6) is 0 Å². The van der Waals surface area contributed by atoms with E-state index >= 15 is 0 Å². The third-order valence-electron chi connectivity index (χ3n) is 2.33. The van der Waals surface area contributed by atoms with Crippen molar-refractivity contribution < 1.29 is 0 Å². The van der Waals surface area contributed by atoms with Gasteiger partial charge in [-0.05, 0) is 31.0 Å². The predicted octanol–water partition coefficient (Wildman–Crippen LogP) is 1.63. The van der Waals surface area contributed by atoms with Crippen LogP contribution in [-0.2, 0) is 6.54 Å². The van der Waals surface area contributed by atoms with Crippen LogP contribution in [0.25, 0.3) is 0 Å². The average molecular weight is 220 g/mol. The van der Waals surface area contributed by atoms with Crippen molar-refractivity contribution in [3.63, 3.8) is 0 Å². The van der Waals surface area contributed by atoms with Crippen molar-refractivity contribution in [2.45, 2.75) is 26.8 Å². The second kappa shape index (κ2) is 6.82. The lowest BCUT2D eigenvalue weighted by Gasteiger charge is -2.21. The molecule has 16 heavy (non-hydrogen) atoms. The quantitative estimate of drug-likeness (QED) is 0.606. The van der Waals surface area contributed by atoms with Crippen molar-refractivity contribution in [2.24, 2.45) is 10.7 Å². The van der Waals surface area contributed by atoms with Gasteiger partial charge in [-0.3, -0.25) is 9.98 Å². The number of rotatable bonds is 5. The Hall–Kier alpha value is -1.58. The SMILES string of the molecule is CCCN=C(N)N(CC)Cc1ccncc1. The van der Waals surface area contributed by atoms with Crippen LogP contribution in [0.2, 0.25) is 0 Å². The van der Waals surface area contributed by atoms with E-state index in [9.17, 15) is 0 Å². The van der Waals surface area contributed by atoms with Crippen LogP contribution in [0.15, 0.2) is 29.5 Å². The fraction of sp³-hybridized carbons (Fsp3) is 0.500. The number of hydrogen-bond donors (Lipinski definition) is 1. The maximum atomic E-state index is 5.92. The molecule has 0 atom stereocenters. The minimum atomic E-state index is 0.626. The summed E-state index contributed by atoms with van der Waals surface area (Å²) in [5, 5.41) is 0. The van der Waals surface area contributed by atoms with Crippen LogP contribution in [0, 0.1) is 0 Å². The number of guanidine groups is 1. The smallest absolute Gasteiger partial charge is 0.191 e. The number of nitrogens with two attached hydrogens (primary N) is 1. The number of pyridine rings is 1. The molecule has 0 saturated carbocycles. The summed E-state index contributed by atoms with van der Waals surface area (Å²) < 4.78 is 0. The molecule has 0 radical (unpaired) electrons. The third-order valence-corrected chi connectivity index (χ3v) is 2.33. The minimum absolute atomic E-state index is 0.626. The summed E-state index contributed by atoms with van der Waals surface area (Å²) in [7, 11) is 0. The summed E-state index contributed by atoms with van der Waals surface area (Å²) >= 11 is 0. The lowest BCUT2D eigenvalue weighted by atomic mass is 10.2. The van der Waals surface area contributed by atoms with Crippen molar-refractivity contribution in [2.75, 3.05) is 13.1 Å². The van der Waals surface area contributed by atoms with E-state index in [0.29, 0.717) is 5.96 Å². The van der Waals surface area contributed by atoms with Crippen molar-refractivity contribution in [3.05, 3.63) is 30.1 Å². The molecule has 0 saturated heterocycles. The van der Waals surface area contributed by atoms with Gasteiger partial charge in [0.05, 0.1) is 0 Å². The Kier molecular flexibility index (Phi) is 5.32. The Bertz CT molecular complexity index is 321. The van der Waals surface area contributed by atoms with E-state index in [1.165, 1.54) is 5.56 Å². The van der Waals surface area contributed by atoms with E-state index < -0.39 is 0 Å². The largest absolute Gasteiger partial charge is 0.370 e. The van der Waals surface area contributed by atoms with Crippen LogP contribution in [0.3, 0.4) is 0 Å². The highest BCUT2D eigenvalue weighted by Crippen LogP contribution is 2.02. The monoisotopic (exact) mass is 220 g/mol. The molecule has 0 aliphatic rings. The van der Waals surface area contributed by atoms with Crippen LogP contribution in [-0.4, -0.2) is 28.9 Å². The number of aliphatic imine (C=N–C) groups is 1.